The molecule has 1 aromatic carbocycles. The van der Waals surface area contributed by atoms with E-state index in [0.717, 1.165) is 12.2 Å². The summed E-state index contributed by atoms with van der Waals surface area (Å²) in [5, 5.41) is 0. The minimum absolute atomic E-state index is 0.115. The molecule has 1 heteroatoms. The lowest BCUT2D eigenvalue weighted by molar-refractivity contribution is 0.131. The third-order valence-electron chi connectivity index (χ3n) is 2.18. The van der Waals surface area contributed by atoms with Crippen LogP contribution in [0, 0.1) is 0 Å². The molecule has 1 aliphatic carbocycles. The fraction of sp³-hybridized carbons (Fsp3) is 0.385. The zero-order chi connectivity index (χ0) is 10.2. The Kier molecular flexibility index (Phi) is 2.10. The summed E-state index contributed by atoms with van der Waals surface area (Å²) in [5.74, 6) is 0.961. The molecule has 0 bridgehead atoms. The first-order chi connectivity index (χ1) is 6.54. The van der Waals surface area contributed by atoms with E-state index in [9.17, 15) is 0 Å². The first kappa shape index (κ1) is 9.32. The van der Waals surface area contributed by atoms with Crippen LogP contribution in [-0.4, -0.2) is 5.60 Å². The molecule has 0 heterocycles. The van der Waals surface area contributed by atoms with Gasteiger partial charge in [0.25, 0.3) is 0 Å². The highest BCUT2D eigenvalue weighted by molar-refractivity contribution is 5.61. The molecular formula is C13H16O. The van der Waals surface area contributed by atoms with Crippen LogP contribution in [0.1, 0.15) is 31.9 Å². The first-order valence-electron chi connectivity index (χ1n) is 5.03. The van der Waals surface area contributed by atoms with Gasteiger partial charge in [0.05, 0.1) is 0 Å². The maximum absolute atomic E-state index is 5.79. The molecule has 1 nitrogen and oxygen atoms in total. The Morgan fingerprint density at radius 1 is 1.21 bits per heavy atom. The second-order valence-electron chi connectivity index (χ2n) is 4.68. The van der Waals surface area contributed by atoms with E-state index in [1.807, 2.05) is 0 Å². The Bertz CT molecular complexity index is 369. The van der Waals surface area contributed by atoms with Gasteiger partial charge in [0, 0.05) is 0 Å². The Morgan fingerprint density at radius 2 is 2.00 bits per heavy atom. The number of rotatable bonds is 1. The molecule has 0 spiro atoms. The molecule has 0 atom stereocenters. The van der Waals surface area contributed by atoms with Gasteiger partial charge in [0.2, 0.25) is 0 Å². The maximum Gasteiger partial charge on any atom is 0.120 e. The largest absolute Gasteiger partial charge is 0.488 e. The number of hydrogen-bond donors (Lipinski definition) is 0. The molecule has 0 fully saturated rings. The van der Waals surface area contributed by atoms with Gasteiger partial charge >= 0.3 is 0 Å². The van der Waals surface area contributed by atoms with Gasteiger partial charge in [-0.3, -0.25) is 0 Å². The van der Waals surface area contributed by atoms with Gasteiger partial charge in [-0.1, -0.05) is 18.2 Å². The molecule has 0 saturated carbocycles. The molecule has 0 aliphatic heterocycles. The number of fused-ring (bicyclic) bond motifs is 1. The monoisotopic (exact) mass is 188 g/mol. The van der Waals surface area contributed by atoms with Gasteiger partial charge in [-0.2, -0.15) is 0 Å². The second kappa shape index (κ2) is 3.16. The summed E-state index contributed by atoms with van der Waals surface area (Å²) >= 11 is 0. The fourth-order valence-electron chi connectivity index (χ4n) is 1.64. The minimum Gasteiger partial charge on any atom is -0.488 e. The zero-order valence-electron chi connectivity index (χ0n) is 9.00. The number of hydrogen-bond acceptors (Lipinski definition) is 1. The highest BCUT2D eigenvalue weighted by Crippen LogP contribution is 2.26. The Balaban J connectivity index is 2.25. The van der Waals surface area contributed by atoms with Crippen LogP contribution in [0.15, 0.2) is 24.3 Å². The van der Waals surface area contributed by atoms with E-state index in [0.29, 0.717) is 0 Å². The Labute approximate surface area is 85.4 Å². The number of allylic oxidation sites excluding steroid dienone is 1. The van der Waals surface area contributed by atoms with Crippen LogP contribution >= 0.6 is 0 Å². The third-order valence-corrected chi connectivity index (χ3v) is 2.18. The van der Waals surface area contributed by atoms with E-state index < -0.39 is 0 Å². The normalized spacial score (nSPS) is 14.2. The third kappa shape index (κ3) is 1.98. The predicted octanol–water partition coefficient (Wildman–Crippen LogP) is 3.43. The van der Waals surface area contributed by atoms with E-state index in [1.54, 1.807) is 0 Å². The van der Waals surface area contributed by atoms with Crippen molar-refractivity contribution in [2.45, 2.75) is 32.8 Å². The zero-order valence-corrected chi connectivity index (χ0v) is 9.00. The molecule has 2 rings (SSSR count). The molecule has 14 heavy (non-hydrogen) atoms. The first-order valence-corrected chi connectivity index (χ1v) is 5.03. The van der Waals surface area contributed by atoms with E-state index in [1.165, 1.54) is 11.1 Å². The van der Waals surface area contributed by atoms with Crippen molar-refractivity contribution in [3.8, 4) is 5.75 Å². The molecule has 74 valence electrons. The molecule has 0 amide bonds. The van der Waals surface area contributed by atoms with E-state index in [4.69, 9.17) is 4.74 Å². The molecule has 0 saturated heterocycles. The molecule has 0 radical (unpaired) electrons. The molecule has 1 aromatic rings. The van der Waals surface area contributed by atoms with Crippen LogP contribution in [0.4, 0.5) is 0 Å². The van der Waals surface area contributed by atoms with Crippen molar-refractivity contribution in [2.75, 3.05) is 0 Å². The van der Waals surface area contributed by atoms with Crippen molar-refractivity contribution >= 4 is 6.08 Å². The molecule has 0 aromatic heterocycles. The van der Waals surface area contributed by atoms with Crippen LogP contribution in [0.2, 0.25) is 0 Å². The maximum atomic E-state index is 5.79. The number of benzene rings is 1. The SMILES string of the molecule is CC(C)(C)Oc1ccc2c(c1)C=CC2. The van der Waals surface area contributed by atoms with Crippen LogP contribution < -0.4 is 4.74 Å². The summed E-state index contributed by atoms with van der Waals surface area (Å²) in [5.41, 5.74) is 2.58. The summed E-state index contributed by atoms with van der Waals surface area (Å²) in [7, 11) is 0. The molecule has 1 aliphatic rings. The molecule has 0 unspecified atom stereocenters. The van der Waals surface area contributed by atoms with Crippen molar-refractivity contribution in [1.29, 1.82) is 0 Å². The van der Waals surface area contributed by atoms with Crippen LogP contribution in [0.5, 0.6) is 5.75 Å². The highest BCUT2D eigenvalue weighted by Gasteiger charge is 2.13. The second-order valence-corrected chi connectivity index (χ2v) is 4.68. The van der Waals surface area contributed by atoms with Crippen molar-refractivity contribution in [3.63, 3.8) is 0 Å². The topological polar surface area (TPSA) is 9.23 Å². The van der Waals surface area contributed by atoms with Crippen molar-refractivity contribution in [3.05, 3.63) is 35.4 Å². The lowest BCUT2D eigenvalue weighted by Crippen LogP contribution is -2.22. The van der Waals surface area contributed by atoms with E-state index in [2.05, 4.69) is 51.1 Å². The van der Waals surface area contributed by atoms with Gasteiger partial charge in [-0.25, -0.2) is 0 Å². The predicted molar refractivity (Wildman–Crippen MR) is 59.6 cm³/mol. The van der Waals surface area contributed by atoms with Gasteiger partial charge in [-0.15, -0.1) is 0 Å². The van der Waals surface area contributed by atoms with Crippen LogP contribution in [0.25, 0.3) is 6.08 Å². The lowest BCUT2D eigenvalue weighted by atomic mass is 10.1. The quantitative estimate of drug-likeness (QED) is 0.656. The van der Waals surface area contributed by atoms with Crippen molar-refractivity contribution in [2.24, 2.45) is 0 Å². The summed E-state index contributed by atoms with van der Waals surface area (Å²) in [6.07, 6.45) is 5.40. The van der Waals surface area contributed by atoms with Crippen LogP contribution in [0.3, 0.4) is 0 Å². The molecule has 0 N–H and O–H groups in total. The summed E-state index contributed by atoms with van der Waals surface area (Å²) in [6, 6.07) is 6.32. The summed E-state index contributed by atoms with van der Waals surface area (Å²) in [4.78, 5) is 0. The van der Waals surface area contributed by atoms with E-state index in [-0.39, 0.29) is 5.60 Å². The average molecular weight is 188 g/mol. The summed E-state index contributed by atoms with van der Waals surface area (Å²) < 4.78 is 5.79. The lowest BCUT2D eigenvalue weighted by Gasteiger charge is -2.21. The highest BCUT2D eigenvalue weighted by atomic mass is 16.5. The Morgan fingerprint density at radius 3 is 2.71 bits per heavy atom. The summed E-state index contributed by atoms with van der Waals surface area (Å²) in [6.45, 7) is 6.20. The standard InChI is InChI=1S/C13H16O/c1-13(2,3)14-12-8-7-10-5-4-6-11(10)9-12/h4,6-9H,5H2,1-3H3. The van der Waals surface area contributed by atoms with E-state index >= 15 is 0 Å². The fourth-order valence-corrected chi connectivity index (χ4v) is 1.64. The number of ether oxygens (including phenoxy) is 1. The van der Waals surface area contributed by atoms with Crippen molar-refractivity contribution in [1.82, 2.24) is 0 Å². The average Bonchev–Trinajstić information content (AvgIpc) is 2.47. The van der Waals surface area contributed by atoms with Gasteiger partial charge in [0.15, 0.2) is 0 Å². The van der Waals surface area contributed by atoms with Gasteiger partial charge in [-0.05, 0) is 50.5 Å². The van der Waals surface area contributed by atoms with Crippen LogP contribution in [-0.2, 0) is 6.42 Å². The van der Waals surface area contributed by atoms with Gasteiger partial charge in [0.1, 0.15) is 11.4 Å². The Hall–Kier alpha value is -1.24. The van der Waals surface area contributed by atoms with Crippen molar-refractivity contribution < 1.29 is 4.74 Å². The minimum atomic E-state index is -0.115. The smallest absolute Gasteiger partial charge is 0.120 e. The van der Waals surface area contributed by atoms with Gasteiger partial charge < -0.3 is 4.74 Å². The molecular weight excluding hydrogens is 172 g/mol.